The van der Waals surface area contributed by atoms with Crippen LogP contribution >= 0.6 is 0 Å². The van der Waals surface area contributed by atoms with Crippen LogP contribution in [0.5, 0.6) is 0 Å². The minimum Gasteiger partial charge on any atom is -0.383 e. The first-order valence-electron chi connectivity index (χ1n) is 6.95. The third kappa shape index (κ3) is 2.53. The molecule has 1 aliphatic heterocycles. The lowest BCUT2D eigenvalue weighted by atomic mass is 10.0. The summed E-state index contributed by atoms with van der Waals surface area (Å²) in [7, 11) is 0. The first-order chi connectivity index (χ1) is 10.3. The van der Waals surface area contributed by atoms with Crippen LogP contribution in [-0.2, 0) is 4.79 Å². The van der Waals surface area contributed by atoms with Crippen molar-refractivity contribution < 1.29 is 4.79 Å². The lowest BCUT2D eigenvalue weighted by Crippen LogP contribution is -2.23. The van der Waals surface area contributed by atoms with Crippen LogP contribution in [0.2, 0.25) is 0 Å². The Bertz CT molecular complexity index is 692. The van der Waals surface area contributed by atoms with E-state index in [1.165, 1.54) is 0 Å². The minimum atomic E-state index is -0.0837. The van der Waals surface area contributed by atoms with Gasteiger partial charge in [-0.1, -0.05) is 48.5 Å². The molecule has 2 aromatic carbocycles. The van der Waals surface area contributed by atoms with Gasteiger partial charge in [-0.3, -0.25) is 4.79 Å². The van der Waals surface area contributed by atoms with Gasteiger partial charge in [0.1, 0.15) is 0 Å². The van der Waals surface area contributed by atoms with E-state index in [9.17, 15) is 4.79 Å². The van der Waals surface area contributed by atoms with Crippen molar-refractivity contribution in [3.8, 4) is 0 Å². The van der Waals surface area contributed by atoms with E-state index in [4.69, 9.17) is 5.73 Å². The second-order valence-electron chi connectivity index (χ2n) is 4.83. The molecule has 1 heterocycles. The Morgan fingerprint density at radius 3 is 2.52 bits per heavy atom. The molecule has 0 fully saturated rings. The molecule has 0 saturated heterocycles. The minimum absolute atomic E-state index is 0.0837. The van der Waals surface area contributed by atoms with Crippen molar-refractivity contribution in [3.05, 3.63) is 65.7 Å². The van der Waals surface area contributed by atoms with Crippen LogP contribution in [0.15, 0.2) is 54.6 Å². The SMILES string of the molecule is NCCN/C(=C1\C(=O)Nc2ccccc21)c1ccccc1. The molecule has 4 N–H and O–H groups in total. The van der Waals surface area contributed by atoms with E-state index in [1.54, 1.807) is 0 Å². The first-order valence-corrected chi connectivity index (χ1v) is 6.95. The summed E-state index contributed by atoms with van der Waals surface area (Å²) in [6, 6.07) is 17.6. The van der Waals surface area contributed by atoms with Crippen LogP contribution in [0.25, 0.3) is 11.3 Å². The van der Waals surface area contributed by atoms with Crippen LogP contribution in [0.4, 0.5) is 5.69 Å². The maximum absolute atomic E-state index is 12.4. The Morgan fingerprint density at radius 2 is 1.76 bits per heavy atom. The molecule has 1 aliphatic rings. The molecule has 4 heteroatoms. The summed E-state index contributed by atoms with van der Waals surface area (Å²) in [5.74, 6) is -0.0837. The molecule has 0 atom stereocenters. The number of carbonyl (C=O) groups excluding carboxylic acids is 1. The summed E-state index contributed by atoms with van der Waals surface area (Å²) >= 11 is 0. The van der Waals surface area contributed by atoms with Crippen molar-refractivity contribution >= 4 is 22.9 Å². The standard InChI is InChI=1S/C17H17N3O/c18-10-11-19-16(12-6-2-1-3-7-12)15-13-8-4-5-9-14(13)20-17(15)21/h1-9,19H,10-11,18H2,(H,20,21)/b16-15-. The van der Waals surface area contributed by atoms with Crippen LogP contribution in [0.3, 0.4) is 0 Å². The maximum Gasteiger partial charge on any atom is 0.258 e. The molecule has 2 aromatic rings. The van der Waals surface area contributed by atoms with E-state index in [1.807, 2.05) is 54.6 Å². The Hall–Kier alpha value is -2.59. The summed E-state index contributed by atoms with van der Waals surface area (Å²) in [4.78, 5) is 12.4. The molecule has 0 unspecified atom stereocenters. The fourth-order valence-electron chi connectivity index (χ4n) is 2.50. The molecule has 0 aromatic heterocycles. The number of amides is 1. The largest absolute Gasteiger partial charge is 0.383 e. The summed E-state index contributed by atoms with van der Waals surface area (Å²) in [5, 5.41) is 6.20. The quantitative estimate of drug-likeness (QED) is 0.750. The highest BCUT2D eigenvalue weighted by molar-refractivity contribution is 6.36. The van der Waals surface area contributed by atoms with Gasteiger partial charge in [0, 0.05) is 24.3 Å². The molecule has 0 saturated carbocycles. The lowest BCUT2D eigenvalue weighted by molar-refractivity contribution is -0.110. The number of nitrogens with two attached hydrogens (primary N) is 1. The smallest absolute Gasteiger partial charge is 0.258 e. The van der Waals surface area contributed by atoms with Crippen molar-refractivity contribution in [2.45, 2.75) is 0 Å². The van der Waals surface area contributed by atoms with E-state index in [2.05, 4.69) is 10.6 Å². The number of anilines is 1. The zero-order valence-corrected chi connectivity index (χ0v) is 11.6. The molecule has 4 nitrogen and oxygen atoms in total. The van der Waals surface area contributed by atoms with Gasteiger partial charge >= 0.3 is 0 Å². The van der Waals surface area contributed by atoms with E-state index in [0.717, 1.165) is 22.5 Å². The van der Waals surface area contributed by atoms with Gasteiger partial charge in [-0.15, -0.1) is 0 Å². The van der Waals surface area contributed by atoms with Crippen LogP contribution < -0.4 is 16.4 Å². The van der Waals surface area contributed by atoms with Gasteiger partial charge < -0.3 is 16.4 Å². The van der Waals surface area contributed by atoms with Crippen molar-refractivity contribution in [2.75, 3.05) is 18.4 Å². The lowest BCUT2D eigenvalue weighted by Gasteiger charge is -2.13. The number of para-hydroxylation sites is 1. The third-order valence-corrected chi connectivity index (χ3v) is 3.43. The third-order valence-electron chi connectivity index (χ3n) is 3.43. The zero-order chi connectivity index (χ0) is 14.7. The van der Waals surface area contributed by atoms with Crippen molar-refractivity contribution in [1.29, 1.82) is 0 Å². The molecule has 106 valence electrons. The number of benzene rings is 2. The highest BCUT2D eigenvalue weighted by atomic mass is 16.2. The van der Waals surface area contributed by atoms with E-state index in [-0.39, 0.29) is 5.91 Å². The maximum atomic E-state index is 12.4. The summed E-state index contributed by atoms with van der Waals surface area (Å²) < 4.78 is 0. The number of fused-ring (bicyclic) bond motifs is 1. The molecular formula is C17H17N3O. The van der Waals surface area contributed by atoms with E-state index < -0.39 is 0 Å². The normalized spacial score (nSPS) is 15.4. The first kappa shape index (κ1) is 13.4. The predicted molar refractivity (Wildman–Crippen MR) is 85.4 cm³/mol. The molecule has 0 aliphatic carbocycles. The Balaban J connectivity index is 2.16. The fraction of sp³-hybridized carbons (Fsp3) is 0.118. The summed E-state index contributed by atoms with van der Waals surface area (Å²) in [5.41, 5.74) is 9.84. The summed E-state index contributed by atoms with van der Waals surface area (Å²) in [6.45, 7) is 1.12. The highest BCUT2D eigenvalue weighted by Crippen LogP contribution is 2.35. The Kier molecular flexibility index (Phi) is 3.71. The molecular weight excluding hydrogens is 262 g/mol. The van der Waals surface area contributed by atoms with Gasteiger partial charge in [-0.2, -0.15) is 0 Å². The molecule has 3 rings (SSSR count). The number of rotatable bonds is 4. The van der Waals surface area contributed by atoms with Crippen LogP contribution in [0.1, 0.15) is 11.1 Å². The average Bonchev–Trinajstić information content (AvgIpc) is 2.85. The Labute approximate surface area is 123 Å². The number of nitrogens with one attached hydrogen (secondary N) is 2. The molecule has 0 radical (unpaired) electrons. The monoisotopic (exact) mass is 279 g/mol. The predicted octanol–water partition coefficient (Wildman–Crippen LogP) is 2.06. The van der Waals surface area contributed by atoms with E-state index >= 15 is 0 Å². The molecule has 1 amide bonds. The van der Waals surface area contributed by atoms with Gasteiger partial charge in [0.2, 0.25) is 0 Å². The highest BCUT2D eigenvalue weighted by Gasteiger charge is 2.27. The average molecular weight is 279 g/mol. The van der Waals surface area contributed by atoms with Crippen molar-refractivity contribution in [3.63, 3.8) is 0 Å². The van der Waals surface area contributed by atoms with Gasteiger partial charge in [-0.05, 0) is 11.6 Å². The van der Waals surface area contributed by atoms with Gasteiger partial charge in [0.05, 0.1) is 11.3 Å². The van der Waals surface area contributed by atoms with Crippen LogP contribution in [0, 0.1) is 0 Å². The number of hydrogen-bond donors (Lipinski definition) is 3. The second-order valence-corrected chi connectivity index (χ2v) is 4.83. The summed E-state index contributed by atoms with van der Waals surface area (Å²) in [6.07, 6.45) is 0. The van der Waals surface area contributed by atoms with Crippen LogP contribution in [-0.4, -0.2) is 19.0 Å². The van der Waals surface area contributed by atoms with Gasteiger partial charge in [-0.25, -0.2) is 0 Å². The Morgan fingerprint density at radius 1 is 1.05 bits per heavy atom. The molecule has 0 spiro atoms. The second kappa shape index (κ2) is 5.81. The van der Waals surface area contributed by atoms with Crippen molar-refractivity contribution in [2.24, 2.45) is 5.73 Å². The zero-order valence-electron chi connectivity index (χ0n) is 11.6. The molecule has 21 heavy (non-hydrogen) atoms. The van der Waals surface area contributed by atoms with E-state index in [0.29, 0.717) is 18.7 Å². The van der Waals surface area contributed by atoms with Gasteiger partial charge in [0.15, 0.2) is 0 Å². The number of hydrogen-bond acceptors (Lipinski definition) is 3. The number of carbonyl (C=O) groups is 1. The topological polar surface area (TPSA) is 67.1 Å². The molecule has 0 bridgehead atoms. The van der Waals surface area contributed by atoms with Crippen molar-refractivity contribution in [1.82, 2.24) is 5.32 Å². The van der Waals surface area contributed by atoms with Gasteiger partial charge in [0.25, 0.3) is 5.91 Å². The fourth-order valence-corrected chi connectivity index (χ4v) is 2.50.